The molecule has 0 saturated heterocycles. The lowest BCUT2D eigenvalue weighted by Crippen LogP contribution is -2.32. The van der Waals surface area contributed by atoms with E-state index in [4.69, 9.17) is 17.0 Å². The summed E-state index contributed by atoms with van der Waals surface area (Å²) in [6.45, 7) is 5.66. The molecule has 0 aromatic heterocycles. The van der Waals surface area contributed by atoms with Gasteiger partial charge in [0.25, 0.3) is 5.91 Å². The van der Waals surface area contributed by atoms with Gasteiger partial charge >= 0.3 is 5.97 Å². The molecule has 1 fully saturated rings. The van der Waals surface area contributed by atoms with Crippen LogP contribution in [0.5, 0.6) is 0 Å². The number of amides is 1. The topological polar surface area (TPSA) is 79.5 Å². The van der Waals surface area contributed by atoms with Crippen molar-refractivity contribution in [1.82, 2.24) is 10.6 Å². The van der Waals surface area contributed by atoms with Gasteiger partial charge in [0.2, 0.25) is 0 Å². The molecule has 1 aliphatic rings. The van der Waals surface area contributed by atoms with Gasteiger partial charge < -0.3 is 20.7 Å². The first-order chi connectivity index (χ1) is 11.9. The number of anilines is 1. The number of nitrogens with one attached hydrogen (secondary N) is 3. The maximum absolute atomic E-state index is 12.2. The zero-order valence-corrected chi connectivity index (χ0v) is 15.5. The molecule has 0 atom stereocenters. The number of hydrogen-bond donors (Lipinski definition) is 3. The number of esters is 1. The number of carbonyl (C=O) groups excluding carboxylic acids is 2. The van der Waals surface area contributed by atoms with Gasteiger partial charge in [0, 0.05) is 17.3 Å². The van der Waals surface area contributed by atoms with Crippen molar-refractivity contribution >= 4 is 34.9 Å². The van der Waals surface area contributed by atoms with Crippen molar-refractivity contribution in [3.05, 3.63) is 41.1 Å². The van der Waals surface area contributed by atoms with Crippen molar-refractivity contribution in [2.45, 2.75) is 39.7 Å². The number of allylic oxidation sites excluding steroid dienone is 1. The van der Waals surface area contributed by atoms with Crippen LogP contribution in [0.25, 0.3) is 0 Å². The maximum Gasteiger partial charge on any atom is 0.354 e. The van der Waals surface area contributed by atoms with Gasteiger partial charge in [-0.05, 0) is 63.5 Å². The molecule has 0 aliphatic heterocycles. The summed E-state index contributed by atoms with van der Waals surface area (Å²) in [5.41, 5.74) is 2.48. The smallest absolute Gasteiger partial charge is 0.354 e. The van der Waals surface area contributed by atoms with Crippen LogP contribution in [0, 0.1) is 6.92 Å². The Labute approximate surface area is 153 Å². The lowest BCUT2D eigenvalue weighted by atomic mass is 10.1. The fourth-order valence-corrected chi connectivity index (χ4v) is 2.34. The van der Waals surface area contributed by atoms with E-state index in [-0.39, 0.29) is 23.3 Å². The van der Waals surface area contributed by atoms with Crippen LogP contribution < -0.4 is 16.0 Å². The molecule has 6 nitrogen and oxygen atoms in total. The van der Waals surface area contributed by atoms with Gasteiger partial charge in [0.15, 0.2) is 5.11 Å². The Morgan fingerprint density at radius 3 is 2.68 bits per heavy atom. The lowest BCUT2D eigenvalue weighted by molar-refractivity contribution is -0.138. The molecule has 3 N–H and O–H groups in total. The summed E-state index contributed by atoms with van der Waals surface area (Å²) in [5.74, 6) is -0.562. The Morgan fingerprint density at radius 2 is 2.08 bits per heavy atom. The molecule has 1 aliphatic carbocycles. The van der Waals surface area contributed by atoms with Crippen LogP contribution in [0.15, 0.2) is 30.0 Å². The third-order valence-corrected chi connectivity index (χ3v) is 3.90. The zero-order chi connectivity index (χ0) is 18.4. The van der Waals surface area contributed by atoms with Gasteiger partial charge in [-0.15, -0.1) is 0 Å². The van der Waals surface area contributed by atoms with Gasteiger partial charge in [-0.25, -0.2) is 4.79 Å². The first-order valence-electron chi connectivity index (χ1n) is 8.27. The van der Waals surface area contributed by atoms with Gasteiger partial charge in [-0.2, -0.15) is 0 Å². The van der Waals surface area contributed by atoms with E-state index in [2.05, 4.69) is 16.0 Å². The summed E-state index contributed by atoms with van der Waals surface area (Å²) < 4.78 is 4.95. The number of ether oxygens (including phenoxy) is 1. The predicted octanol–water partition coefficient (Wildman–Crippen LogP) is 2.64. The second-order valence-corrected chi connectivity index (χ2v) is 6.19. The number of thiocarbonyl (C=S) groups is 1. The third-order valence-electron chi connectivity index (χ3n) is 3.69. The van der Waals surface area contributed by atoms with E-state index < -0.39 is 5.97 Å². The Hall–Kier alpha value is -2.41. The average molecular weight is 361 g/mol. The second-order valence-electron chi connectivity index (χ2n) is 5.78. The summed E-state index contributed by atoms with van der Waals surface area (Å²) in [7, 11) is 0. The van der Waals surface area contributed by atoms with E-state index in [1.54, 1.807) is 32.1 Å². The van der Waals surface area contributed by atoms with Gasteiger partial charge in [-0.3, -0.25) is 4.79 Å². The van der Waals surface area contributed by atoms with Crippen molar-refractivity contribution in [1.29, 1.82) is 0 Å². The Balaban J connectivity index is 2.03. The summed E-state index contributed by atoms with van der Waals surface area (Å²) in [5, 5.41) is 9.06. The van der Waals surface area contributed by atoms with Crippen LogP contribution in [-0.4, -0.2) is 29.6 Å². The second kappa shape index (κ2) is 8.62. The van der Waals surface area contributed by atoms with E-state index in [9.17, 15) is 9.59 Å². The Morgan fingerprint density at radius 1 is 1.36 bits per heavy atom. The normalized spacial score (nSPS) is 13.8. The minimum Gasteiger partial charge on any atom is -0.461 e. The molecule has 0 unspecified atom stereocenters. The van der Waals surface area contributed by atoms with Crippen molar-refractivity contribution in [3.8, 4) is 0 Å². The van der Waals surface area contributed by atoms with Crippen molar-refractivity contribution in [2.24, 2.45) is 0 Å². The molecule has 1 saturated carbocycles. The first-order valence-corrected chi connectivity index (χ1v) is 8.68. The molecule has 1 amide bonds. The number of rotatable bonds is 6. The highest BCUT2D eigenvalue weighted by atomic mass is 32.1. The van der Waals surface area contributed by atoms with Crippen LogP contribution in [0.3, 0.4) is 0 Å². The third kappa shape index (κ3) is 5.56. The average Bonchev–Trinajstić information content (AvgIpc) is 3.38. The molecule has 0 heterocycles. The maximum atomic E-state index is 12.2. The first kappa shape index (κ1) is 18.9. The van der Waals surface area contributed by atoms with Crippen molar-refractivity contribution in [3.63, 3.8) is 0 Å². The summed E-state index contributed by atoms with van der Waals surface area (Å²) in [4.78, 5) is 24.0. The summed E-state index contributed by atoms with van der Waals surface area (Å²) >= 11 is 5.26. The Kier molecular flexibility index (Phi) is 6.52. The highest BCUT2D eigenvalue weighted by molar-refractivity contribution is 7.80. The van der Waals surface area contributed by atoms with Crippen LogP contribution in [-0.2, 0) is 9.53 Å². The fourth-order valence-electron chi connectivity index (χ4n) is 2.12. The lowest BCUT2D eigenvalue weighted by Gasteiger charge is -2.15. The number of carbonyl (C=O) groups is 2. The molecule has 1 aromatic rings. The molecule has 0 radical (unpaired) electrons. The summed E-state index contributed by atoms with van der Waals surface area (Å²) in [6, 6.07) is 5.69. The molecule has 0 spiro atoms. The van der Waals surface area contributed by atoms with Crippen molar-refractivity contribution in [2.75, 3.05) is 11.9 Å². The highest BCUT2D eigenvalue weighted by Gasteiger charge is 2.24. The van der Waals surface area contributed by atoms with Crippen LogP contribution in [0.4, 0.5) is 5.69 Å². The molecule has 134 valence electrons. The predicted molar refractivity (Wildman–Crippen MR) is 101 cm³/mol. The quantitative estimate of drug-likeness (QED) is 0.411. The standard InChI is InChI=1S/C18H23N3O3S/c1-4-14(17(23)24-5-2)20-18(25)21-15-10-12(7-6-11(15)3)16(22)19-13-8-9-13/h4,6-7,10,13H,5,8-9H2,1-3H3,(H,19,22)(H2,20,21,25)/b14-4-. The minimum atomic E-state index is -0.469. The van der Waals surface area contributed by atoms with E-state index in [0.717, 1.165) is 18.4 Å². The largest absolute Gasteiger partial charge is 0.461 e. The van der Waals surface area contributed by atoms with Gasteiger partial charge in [0.05, 0.1) is 6.61 Å². The van der Waals surface area contributed by atoms with E-state index in [1.807, 2.05) is 13.0 Å². The molecular formula is C18H23N3O3S. The van der Waals surface area contributed by atoms with E-state index in [1.165, 1.54) is 0 Å². The van der Waals surface area contributed by atoms with Crippen molar-refractivity contribution < 1.29 is 14.3 Å². The number of aryl methyl sites for hydroxylation is 1. The van der Waals surface area contributed by atoms with Crippen LogP contribution >= 0.6 is 12.2 Å². The number of benzene rings is 1. The number of hydrogen-bond acceptors (Lipinski definition) is 4. The monoisotopic (exact) mass is 361 g/mol. The zero-order valence-electron chi connectivity index (χ0n) is 14.6. The highest BCUT2D eigenvalue weighted by Crippen LogP contribution is 2.21. The molecule has 0 bridgehead atoms. The SMILES string of the molecule is C/C=C(\NC(=S)Nc1cc(C(=O)NC2CC2)ccc1C)C(=O)OCC. The van der Waals surface area contributed by atoms with Crippen LogP contribution in [0.2, 0.25) is 0 Å². The molecule has 1 aromatic carbocycles. The van der Waals surface area contributed by atoms with Crippen LogP contribution in [0.1, 0.15) is 42.6 Å². The molecule has 7 heteroatoms. The fraction of sp³-hybridized carbons (Fsp3) is 0.389. The summed E-state index contributed by atoms with van der Waals surface area (Å²) in [6.07, 6.45) is 3.67. The molecule has 2 rings (SSSR count). The van der Waals surface area contributed by atoms with E-state index in [0.29, 0.717) is 17.3 Å². The molecule has 25 heavy (non-hydrogen) atoms. The van der Waals surface area contributed by atoms with E-state index >= 15 is 0 Å². The minimum absolute atomic E-state index is 0.0925. The Bertz CT molecular complexity index is 712. The molecular weight excluding hydrogens is 338 g/mol. The van der Waals surface area contributed by atoms with Gasteiger partial charge in [0.1, 0.15) is 5.70 Å². The van der Waals surface area contributed by atoms with Gasteiger partial charge in [-0.1, -0.05) is 12.1 Å².